The van der Waals surface area contributed by atoms with Gasteiger partial charge in [-0.2, -0.15) is 13.2 Å². The zero-order valence-corrected chi connectivity index (χ0v) is 21.5. The average Bonchev–Trinajstić information content (AvgIpc) is 2.84. The molecule has 3 aromatic rings. The van der Waals surface area contributed by atoms with Crippen LogP contribution in [0.15, 0.2) is 77.7 Å². The second-order valence-corrected chi connectivity index (χ2v) is 10.5. The highest BCUT2D eigenvalue weighted by Gasteiger charge is 2.46. The van der Waals surface area contributed by atoms with Crippen LogP contribution in [0, 0.1) is 0 Å². The quantitative estimate of drug-likeness (QED) is 0.406. The molecule has 1 aromatic heterocycles. The number of amides is 1. The van der Waals surface area contributed by atoms with Gasteiger partial charge in [0, 0.05) is 31.6 Å². The molecule has 1 aliphatic rings. The van der Waals surface area contributed by atoms with Gasteiger partial charge in [0.1, 0.15) is 12.1 Å². The minimum Gasteiger partial charge on any atom is -0.438 e. The Morgan fingerprint density at radius 2 is 1.61 bits per heavy atom. The normalized spacial score (nSPS) is 19.2. The number of cyclic esters (lactones) is 1. The van der Waals surface area contributed by atoms with Gasteiger partial charge in [-0.1, -0.05) is 54.6 Å². The number of hydrogen-bond acceptors (Lipinski definition) is 4. The van der Waals surface area contributed by atoms with Crippen molar-refractivity contribution in [3.8, 4) is 11.1 Å². The van der Waals surface area contributed by atoms with Crippen molar-refractivity contribution in [3.63, 3.8) is 0 Å². The van der Waals surface area contributed by atoms with Crippen LogP contribution in [-0.4, -0.2) is 39.0 Å². The fourth-order valence-corrected chi connectivity index (χ4v) is 5.04. The molecule has 2 heterocycles. The largest absolute Gasteiger partial charge is 0.438 e. The van der Waals surface area contributed by atoms with Gasteiger partial charge in [-0.3, -0.25) is 4.79 Å². The molecule has 0 bridgehead atoms. The van der Waals surface area contributed by atoms with Crippen LogP contribution in [0.5, 0.6) is 0 Å². The van der Waals surface area contributed by atoms with Crippen LogP contribution in [0.1, 0.15) is 50.8 Å². The number of carbonyl (C=O) groups excluding carboxylic acids is 1. The number of aromatic nitrogens is 1. The molecule has 1 saturated heterocycles. The molecule has 1 fully saturated rings. The number of pyridine rings is 1. The minimum atomic E-state index is -4.50. The summed E-state index contributed by atoms with van der Waals surface area (Å²) in [4.78, 5) is 26.7. The SMILES string of the molecule is C[C@@H](c1ccc(-c2ccc(=O)n(CC(F)(F)F)c2)cc1)N1CCC(CC(C)(C)O)(c2ccccc2)OC1=O. The third-order valence-electron chi connectivity index (χ3n) is 6.82. The zero-order valence-electron chi connectivity index (χ0n) is 21.5. The fourth-order valence-electron chi connectivity index (χ4n) is 5.04. The maximum atomic E-state index is 13.3. The van der Waals surface area contributed by atoms with Crippen LogP contribution in [0.25, 0.3) is 11.1 Å². The van der Waals surface area contributed by atoms with Gasteiger partial charge in [0.15, 0.2) is 0 Å². The first-order valence-electron chi connectivity index (χ1n) is 12.4. The summed E-state index contributed by atoms with van der Waals surface area (Å²) in [5, 5.41) is 10.6. The van der Waals surface area contributed by atoms with Crippen LogP contribution in [0.3, 0.4) is 0 Å². The first kappa shape index (κ1) is 27.4. The van der Waals surface area contributed by atoms with Crippen LogP contribution in [0.4, 0.5) is 18.0 Å². The molecule has 2 aromatic carbocycles. The van der Waals surface area contributed by atoms with Crippen molar-refractivity contribution in [2.45, 2.75) is 63.6 Å². The number of nitrogens with zero attached hydrogens (tertiary/aromatic N) is 2. The topological polar surface area (TPSA) is 71.8 Å². The Morgan fingerprint density at radius 3 is 2.18 bits per heavy atom. The van der Waals surface area contributed by atoms with Crippen molar-refractivity contribution >= 4 is 6.09 Å². The van der Waals surface area contributed by atoms with Crippen LogP contribution >= 0.6 is 0 Å². The summed E-state index contributed by atoms with van der Waals surface area (Å²) in [6, 6.07) is 18.8. The van der Waals surface area contributed by atoms with Crippen molar-refractivity contribution in [3.05, 3.63) is 94.4 Å². The van der Waals surface area contributed by atoms with E-state index in [4.69, 9.17) is 4.74 Å². The number of alkyl halides is 3. The van der Waals surface area contributed by atoms with Gasteiger partial charge in [0.25, 0.3) is 5.56 Å². The first-order valence-corrected chi connectivity index (χ1v) is 12.4. The molecule has 1 unspecified atom stereocenters. The molecular formula is C29H31F3N2O4. The van der Waals surface area contributed by atoms with E-state index in [1.54, 1.807) is 30.9 Å². The number of aliphatic hydroxyl groups is 1. The third-order valence-corrected chi connectivity index (χ3v) is 6.82. The van der Waals surface area contributed by atoms with Gasteiger partial charge in [-0.15, -0.1) is 0 Å². The molecule has 1 amide bonds. The monoisotopic (exact) mass is 528 g/mol. The van der Waals surface area contributed by atoms with E-state index in [2.05, 4.69) is 0 Å². The molecule has 0 saturated carbocycles. The van der Waals surface area contributed by atoms with Crippen molar-refractivity contribution in [1.82, 2.24) is 9.47 Å². The van der Waals surface area contributed by atoms with Crippen molar-refractivity contribution in [2.24, 2.45) is 0 Å². The van der Waals surface area contributed by atoms with Crippen LogP contribution in [0.2, 0.25) is 0 Å². The molecule has 38 heavy (non-hydrogen) atoms. The Hall–Kier alpha value is -3.59. The van der Waals surface area contributed by atoms with Crippen LogP contribution in [-0.2, 0) is 16.9 Å². The summed E-state index contributed by atoms with van der Waals surface area (Å²) in [5.74, 6) is 0. The molecule has 6 nitrogen and oxygen atoms in total. The Kier molecular flexibility index (Phi) is 7.43. The van der Waals surface area contributed by atoms with Gasteiger partial charge in [0.2, 0.25) is 0 Å². The predicted octanol–water partition coefficient (Wildman–Crippen LogP) is 6.04. The standard InChI is InChI=1S/C29H31F3N2O4/c1-20(21-9-11-22(12-10-21)23-13-14-25(35)33(17-23)19-29(30,31)32)34-16-15-28(38-26(34)36,18-27(2,3)37)24-7-5-4-6-8-24/h4-14,17,20,37H,15-16,18-19H2,1-3H3/t20-,28?/m0/s1. The van der Waals surface area contributed by atoms with E-state index in [-0.39, 0.29) is 12.5 Å². The lowest BCUT2D eigenvalue weighted by atomic mass is 9.80. The second-order valence-electron chi connectivity index (χ2n) is 10.5. The summed E-state index contributed by atoms with van der Waals surface area (Å²) in [5.41, 5.74) is 0.0496. The Bertz CT molecular complexity index is 1330. The Morgan fingerprint density at radius 1 is 0.974 bits per heavy atom. The molecule has 4 rings (SSSR count). The van der Waals surface area contributed by atoms with Crippen LogP contribution < -0.4 is 5.56 Å². The summed E-state index contributed by atoms with van der Waals surface area (Å²) >= 11 is 0. The van der Waals surface area contributed by atoms with Gasteiger partial charge < -0.3 is 19.3 Å². The lowest BCUT2D eigenvalue weighted by Gasteiger charge is -2.45. The maximum Gasteiger partial charge on any atom is 0.411 e. The van der Waals surface area contributed by atoms with E-state index in [1.165, 1.54) is 12.3 Å². The molecule has 0 aliphatic carbocycles. The number of benzene rings is 2. The minimum absolute atomic E-state index is 0.253. The van der Waals surface area contributed by atoms with E-state index >= 15 is 0 Å². The number of ether oxygens (including phenoxy) is 1. The third kappa shape index (κ3) is 6.27. The molecule has 0 radical (unpaired) electrons. The highest BCUT2D eigenvalue weighted by atomic mass is 19.4. The highest BCUT2D eigenvalue weighted by Crippen LogP contribution is 2.42. The average molecular weight is 529 g/mol. The predicted molar refractivity (Wildman–Crippen MR) is 137 cm³/mol. The van der Waals surface area contributed by atoms with Crippen molar-refractivity contribution < 1.29 is 27.8 Å². The fraction of sp³-hybridized carbons (Fsp3) is 0.379. The molecule has 202 valence electrons. The first-order chi connectivity index (χ1) is 17.8. The number of halogens is 3. The lowest BCUT2D eigenvalue weighted by molar-refractivity contribution is -0.141. The molecule has 1 N–H and O–H groups in total. The zero-order chi connectivity index (χ0) is 27.7. The van der Waals surface area contributed by atoms with Gasteiger partial charge in [0.05, 0.1) is 11.6 Å². The van der Waals surface area contributed by atoms with E-state index < -0.39 is 35.6 Å². The molecule has 1 aliphatic heterocycles. The second kappa shape index (κ2) is 10.3. The van der Waals surface area contributed by atoms with Gasteiger partial charge in [-0.05, 0) is 49.1 Å². The van der Waals surface area contributed by atoms with Gasteiger partial charge in [-0.25, -0.2) is 4.79 Å². The van der Waals surface area contributed by atoms with Crippen molar-refractivity contribution in [1.29, 1.82) is 0 Å². The summed E-state index contributed by atoms with van der Waals surface area (Å²) in [6.45, 7) is 4.32. The smallest absolute Gasteiger partial charge is 0.411 e. The summed E-state index contributed by atoms with van der Waals surface area (Å²) < 4.78 is 45.1. The summed E-state index contributed by atoms with van der Waals surface area (Å²) in [7, 11) is 0. The molecular weight excluding hydrogens is 497 g/mol. The van der Waals surface area contributed by atoms with E-state index in [0.29, 0.717) is 28.7 Å². The highest BCUT2D eigenvalue weighted by molar-refractivity contribution is 5.70. The lowest BCUT2D eigenvalue weighted by Crippen LogP contribution is -2.51. The molecule has 0 spiro atoms. The number of carbonyl (C=O) groups is 1. The van der Waals surface area contributed by atoms with E-state index in [9.17, 15) is 27.9 Å². The van der Waals surface area contributed by atoms with E-state index in [0.717, 1.165) is 17.2 Å². The maximum absolute atomic E-state index is 13.3. The molecule has 2 atom stereocenters. The number of hydrogen-bond donors (Lipinski definition) is 1. The van der Waals surface area contributed by atoms with E-state index in [1.807, 2.05) is 49.4 Å². The Labute approximate surface area is 219 Å². The Balaban J connectivity index is 1.52. The number of rotatable bonds is 7. The molecule has 9 heteroatoms. The van der Waals surface area contributed by atoms with Gasteiger partial charge >= 0.3 is 12.3 Å². The van der Waals surface area contributed by atoms with Crippen molar-refractivity contribution in [2.75, 3.05) is 6.54 Å². The summed E-state index contributed by atoms with van der Waals surface area (Å²) in [6.07, 6.45) is -3.04.